The number of alkyl halides is 1. The van der Waals surface area contributed by atoms with Crippen LogP contribution in [0.25, 0.3) is 0 Å². The minimum atomic E-state index is -0.275. The van der Waals surface area contributed by atoms with Gasteiger partial charge in [0.25, 0.3) is 0 Å². The third kappa shape index (κ3) is 4.11. The lowest BCUT2D eigenvalue weighted by molar-refractivity contribution is -0.120. The maximum atomic E-state index is 12.7. The first-order valence-electron chi connectivity index (χ1n) is 5.80. The molecule has 0 saturated heterocycles. The van der Waals surface area contributed by atoms with Gasteiger partial charge < -0.3 is 5.32 Å². The summed E-state index contributed by atoms with van der Waals surface area (Å²) < 4.78 is 12.7. The summed E-state index contributed by atoms with van der Waals surface area (Å²) in [6.07, 6.45) is 2.82. The predicted octanol–water partition coefficient (Wildman–Crippen LogP) is 2.66. The molecule has 1 saturated carbocycles. The second-order valence-electron chi connectivity index (χ2n) is 4.46. The number of rotatable bonds is 5. The first-order chi connectivity index (χ1) is 8.15. The van der Waals surface area contributed by atoms with Gasteiger partial charge in [0.15, 0.2) is 0 Å². The van der Waals surface area contributed by atoms with Crippen LogP contribution in [0, 0.1) is 11.7 Å². The van der Waals surface area contributed by atoms with E-state index in [0.717, 1.165) is 11.5 Å². The van der Waals surface area contributed by atoms with Crippen molar-refractivity contribution in [1.82, 2.24) is 5.32 Å². The van der Waals surface area contributed by atoms with Gasteiger partial charge in [-0.1, -0.05) is 28.1 Å². The topological polar surface area (TPSA) is 29.1 Å². The standard InChI is InChI=1S/C13H15BrFNO/c14-12(10-3-4-10)8-16-13(17)7-9-1-5-11(15)6-2-9/h1-2,5-6,10,12H,3-4,7-8H2,(H,16,17). The van der Waals surface area contributed by atoms with Gasteiger partial charge in [0.1, 0.15) is 5.82 Å². The van der Waals surface area contributed by atoms with E-state index in [1.165, 1.54) is 25.0 Å². The number of nitrogens with one attached hydrogen (secondary N) is 1. The zero-order valence-corrected chi connectivity index (χ0v) is 11.0. The quantitative estimate of drug-likeness (QED) is 0.832. The van der Waals surface area contributed by atoms with E-state index < -0.39 is 0 Å². The maximum Gasteiger partial charge on any atom is 0.224 e. The molecule has 0 radical (unpaired) electrons. The Morgan fingerprint density at radius 3 is 2.65 bits per heavy atom. The largest absolute Gasteiger partial charge is 0.355 e. The number of carbonyl (C=O) groups is 1. The Bertz CT molecular complexity index is 389. The van der Waals surface area contributed by atoms with Gasteiger partial charge in [-0.2, -0.15) is 0 Å². The van der Waals surface area contributed by atoms with Gasteiger partial charge in [-0.3, -0.25) is 4.79 Å². The molecule has 92 valence electrons. The average molecular weight is 300 g/mol. The molecule has 1 atom stereocenters. The van der Waals surface area contributed by atoms with Gasteiger partial charge in [-0.05, 0) is 36.5 Å². The molecule has 0 heterocycles. The fourth-order valence-corrected chi connectivity index (χ4v) is 2.38. The van der Waals surface area contributed by atoms with Crippen LogP contribution in [0.15, 0.2) is 24.3 Å². The van der Waals surface area contributed by atoms with E-state index in [9.17, 15) is 9.18 Å². The van der Waals surface area contributed by atoms with Crippen LogP contribution < -0.4 is 5.32 Å². The van der Waals surface area contributed by atoms with Crippen LogP contribution in [0.5, 0.6) is 0 Å². The molecule has 0 spiro atoms. The average Bonchev–Trinajstić information content (AvgIpc) is 3.13. The molecule has 1 aromatic carbocycles. The maximum absolute atomic E-state index is 12.7. The number of amides is 1. The first-order valence-corrected chi connectivity index (χ1v) is 6.72. The summed E-state index contributed by atoms with van der Waals surface area (Å²) >= 11 is 3.56. The first kappa shape index (κ1) is 12.6. The highest BCUT2D eigenvalue weighted by Crippen LogP contribution is 2.36. The molecule has 0 bridgehead atoms. The summed E-state index contributed by atoms with van der Waals surface area (Å²) in [5, 5.41) is 2.89. The van der Waals surface area contributed by atoms with Gasteiger partial charge in [0.2, 0.25) is 5.91 Å². The van der Waals surface area contributed by atoms with Crippen molar-refractivity contribution in [2.45, 2.75) is 24.1 Å². The van der Waals surface area contributed by atoms with Gasteiger partial charge >= 0.3 is 0 Å². The fraction of sp³-hybridized carbons (Fsp3) is 0.462. The summed E-state index contributed by atoms with van der Waals surface area (Å²) in [6.45, 7) is 0.671. The van der Waals surface area contributed by atoms with Crippen LogP contribution >= 0.6 is 15.9 Å². The molecule has 1 N–H and O–H groups in total. The highest BCUT2D eigenvalue weighted by atomic mass is 79.9. The lowest BCUT2D eigenvalue weighted by Crippen LogP contribution is -2.31. The van der Waals surface area contributed by atoms with Crippen molar-refractivity contribution in [3.8, 4) is 0 Å². The molecule has 1 aliphatic rings. The molecule has 2 rings (SSSR count). The monoisotopic (exact) mass is 299 g/mol. The molecule has 0 aliphatic heterocycles. The summed E-state index contributed by atoms with van der Waals surface area (Å²) in [7, 11) is 0. The van der Waals surface area contributed by atoms with Gasteiger partial charge in [-0.15, -0.1) is 0 Å². The Kier molecular flexibility index (Phi) is 4.15. The van der Waals surface area contributed by atoms with Crippen molar-refractivity contribution in [3.05, 3.63) is 35.6 Å². The van der Waals surface area contributed by atoms with Crippen LogP contribution in [0.1, 0.15) is 18.4 Å². The number of carbonyl (C=O) groups excluding carboxylic acids is 1. The molecular weight excluding hydrogens is 285 g/mol. The molecule has 1 unspecified atom stereocenters. The number of benzene rings is 1. The molecule has 4 heteroatoms. The van der Waals surface area contributed by atoms with Gasteiger partial charge in [-0.25, -0.2) is 4.39 Å². The Morgan fingerprint density at radius 2 is 2.06 bits per heavy atom. The Labute approximate surface area is 109 Å². The smallest absolute Gasteiger partial charge is 0.224 e. The molecule has 17 heavy (non-hydrogen) atoms. The zero-order chi connectivity index (χ0) is 12.3. The third-order valence-electron chi connectivity index (χ3n) is 2.91. The lowest BCUT2D eigenvalue weighted by atomic mass is 10.1. The van der Waals surface area contributed by atoms with Crippen molar-refractivity contribution in [3.63, 3.8) is 0 Å². The molecule has 1 amide bonds. The van der Waals surface area contributed by atoms with Crippen LogP contribution in [-0.2, 0) is 11.2 Å². The van der Waals surface area contributed by atoms with Crippen molar-refractivity contribution in [1.29, 1.82) is 0 Å². The van der Waals surface area contributed by atoms with E-state index in [4.69, 9.17) is 0 Å². The van der Waals surface area contributed by atoms with E-state index in [1.54, 1.807) is 12.1 Å². The van der Waals surface area contributed by atoms with Gasteiger partial charge in [0, 0.05) is 11.4 Å². The Balaban J connectivity index is 1.74. The van der Waals surface area contributed by atoms with Crippen LogP contribution in [0.3, 0.4) is 0 Å². The minimum absolute atomic E-state index is 0.0123. The molecule has 1 aromatic rings. The Hall–Kier alpha value is -0.900. The van der Waals surface area contributed by atoms with E-state index in [2.05, 4.69) is 21.2 Å². The highest BCUT2D eigenvalue weighted by molar-refractivity contribution is 9.09. The number of hydrogen-bond acceptors (Lipinski definition) is 1. The number of hydrogen-bond donors (Lipinski definition) is 1. The van der Waals surface area contributed by atoms with Crippen molar-refractivity contribution >= 4 is 21.8 Å². The molecule has 0 aromatic heterocycles. The molecule has 1 aliphatic carbocycles. The normalized spacial score (nSPS) is 16.6. The van der Waals surface area contributed by atoms with Crippen LogP contribution in [0.4, 0.5) is 4.39 Å². The SMILES string of the molecule is O=C(Cc1ccc(F)cc1)NCC(Br)C1CC1. The van der Waals surface area contributed by atoms with E-state index >= 15 is 0 Å². The van der Waals surface area contributed by atoms with Crippen molar-refractivity contribution in [2.75, 3.05) is 6.54 Å². The summed E-state index contributed by atoms with van der Waals surface area (Å²) in [5.74, 6) is 0.436. The highest BCUT2D eigenvalue weighted by Gasteiger charge is 2.29. The molecule has 2 nitrogen and oxygen atoms in total. The van der Waals surface area contributed by atoms with Crippen molar-refractivity contribution < 1.29 is 9.18 Å². The van der Waals surface area contributed by atoms with Gasteiger partial charge in [0.05, 0.1) is 6.42 Å². The van der Waals surface area contributed by atoms with Crippen molar-refractivity contribution in [2.24, 2.45) is 5.92 Å². The zero-order valence-electron chi connectivity index (χ0n) is 9.46. The molecular formula is C13H15BrFNO. The van der Waals surface area contributed by atoms with Crippen LogP contribution in [0.2, 0.25) is 0 Å². The van der Waals surface area contributed by atoms with Crippen LogP contribution in [-0.4, -0.2) is 17.3 Å². The number of halogens is 2. The predicted molar refractivity (Wildman–Crippen MR) is 68.6 cm³/mol. The second kappa shape index (κ2) is 5.63. The van der Waals surface area contributed by atoms with E-state index in [1.807, 2.05) is 0 Å². The summed E-state index contributed by atoms with van der Waals surface area (Å²) in [6, 6.07) is 6.03. The summed E-state index contributed by atoms with van der Waals surface area (Å²) in [4.78, 5) is 12.0. The minimum Gasteiger partial charge on any atom is -0.355 e. The second-order valence-corrected chi connectivity index (χ2v) is 5.64. The lowest BCUT2D eigenvalue weighted by Gasteiger charge is -2.09. The van der Waals surface area contributed by atoms with E-state index in [0.29, 0.717) is 17.8 Å². The molecule has 1 fully saturated rings. The summed E-state index contributed by atoms with van der Waals surface area (Å²) in [5.41, 5.74) is 0.835. The van der Waals surface area contributed by atoms with E-state index in [-0.39, 0.29) is 11.7 Å². The fourth-order valence-electron chi connectivity index (χ4n) is 1.69. The third-order valence-corrected chi connectivity index (χ3v) is 3.98. The Morgan fingerprint density at radius 1 is 1.41 bits per heavy atom.